The van der Waals surface area contributed by atoms with Crippen molar-refractivity contribution < 1.29 is 34.1 Å². The molecule has 38 heavy (non-hydrogen) atoms. The highest BCUT2D eigenvalue weighted by Gasteiger charge is 2.23. The third-order valence-corrected chi connectivity index (χ3v) is 6.47. The Hall–Kier alpha value is -3.33. The molecule has 0 saturated carbocycles. The van der Waals surface area contributed by atoms with Gasteiger partial charge in [0.05, 0.1) is 11.8 Å². The number of hydrogen-bond acceptors (Lipinski definition) is 8. The second kappa shape index (κ2) is 15.2. The highest BCUT2D eigenvalue weighted by atomic mass is 16.6. The fraction of sp³-hybridized carbons (Fsp3) is 0.552. The Balaban J connectivity index is 1.86. The number of oxime groups is 1. The van der Waals surface area contributed by atoms with Gasteiger partial charge in [-0.15, -0.1) is 0 Å². The molecule has 0 spiro atoms. The maximum Gasteiger partial charge on any atom is 0.342 e. The fourth-order valence-electron chi connectivity index (χ4n) is 4.40. The number of unbranched alkanes of at least 4 members (excludes halogenated alkanes) is 1. The number of carbonyl (C=O) groups excluding carboxylic acids is 2. The number of cyclic esters (lactones) is 1. The molecular formula is C29H40N2O7. The van der Waals surface area contributed by atoms with E-state index in [0.717, 1.165) is 51.3 Å². The summed E-state index contributed by atoms with van der Waals surface area (Å²) in [5, 5.41) is 24.8. The van der Waals surface area contributed by atoms with Crippen LogP contribution >= 0.6 is 0 Å². The molecule has 2 heterocycles. The molecule has 2 atom stereocenters. The summed E-state index contributed by atoms with van der Waals surface area (Å²) in [7, 11) is 0. The van der Waals surface area contributed by atoms with E-state index >= 15 is 0 Å². The number of rotatable bonds is 7. The lowest BCUT2D eigenvalue weighted by Gasteiger charge is -2.26. The van der Waals surface area contributed by atoms with Crippen LogP contribution < -0.4 is 0 Å². The van der Waals surface area contributed by atoms with Crippen LogP contribution in [0, 0.1) is 0 Å². The lowest BCUT2D eigenvalue weighted by Crippen LogP contribution is -2.37. The predicted molar refractivity (Wildman–Crippen MR) is 144 cm³/mol. The lowest BCUT2D eigenvalue weighted by molar-refractivity contribution is -0.137. The Kier molecular flexibility index (Phi) is 11.7. The third-order valence-electron chi connectivity index (χ3n) is 6.47. The molecular weight excluding hydrogens is 488 g/mol. The van der Waals surface area contributed by atoms with Crippen LogP contribution in [-0.4, -0.2) is 71.2 Å². The Morgan fingerprint density at radius 2 is 1.95 bits per heavy atom. The van der Waals surface area contributed by atoms with Crippen LogP contribution in [0.5, 0.6) is 11.5 Å². The Labute approximate surface area is 224 Å². The Morgan fingerprint density at radius 3 is 2.71 bits per heavy atom. The zero-order valence-corrected chi connectivity index (χ0v) is 22.4. The molecule has 0 radical (unpaired) electrons. The van der Waals surface area contributed by atoms with E-state index in [1.54, 1.807) is 17.9 Å². The van der Waals surface area contributed by atoms with Gasteiger partial charge in [-0.3, -0.25) is 4.79 Å². The van der Waals surface area contributed by atoms with Crippen LogP contribution in [0.25, 0.3) is 0 Å². The first-order valence-electron chi connectivity index (χ1n) is 13.5. The van der Waals surface area contributed by atoms with Crippen molar-refractivity contribution in [1.29, 1.82) is 0 Å². The normalized spacial score (nSPS) is 23.7. The van der Waals surface area contributed by atoms with Gasteiger partial charge in [0.2, 0.25) is 0 Å². The predicted octanol–water partition coefficient (Wildman–Crippen LogP) is 4.66. The van der Waals surface area contributed by atoms with E-state index in [9.17, 15) is 19.8 Å². The second-order valence-corrected chi connectivity index (χ2v) is 9.75. The van der Waals surface area contributed by atoms with E-state index < -0.39 is 12.1 Å². The van der Waals surface area contributed by atoms with Gasteiger partial charge in [-0.1, -0.05) is 36.7 Å². The van der Waals surface area contributed by atoms with Crippen molar-refractivity contribution in [1.82, 2.24) is 4.90 Å². The van der Waals surface area contributed by atoms with E-state index in [0.29, 0.717) is 30.7 Å². The third kappa shape index (κ3) is 9.20. The first-order chi connectivity index (χ1) is 18.4. The van der Waals surface area contributed by atoms with Gasteiger partial charge in [-0.2, -0.15) is 0 Å². The zero-order chi connectivity index (χ0) is 27.3. The van der Waals surface area contributed by atoms with Crippen LogP contribution in [0.3, 0.4) is 0 Å². The maximum atomic E-state index is 13.0. The number of amides is 1. The van der Waals surface area contributed by atoms with Gasteiger partial charge >= 0.3 is 5.97 Å². The molecule has 9 nitrogen and oxygen atoms in total. The molecule has 1 saturated heterocycles. The van der Waals surface area contributed by atoms with Crippen LogP contribution in [-0.2, 0) is 25.5 Å². The number of ether oxygens (including phenoxy) is 2. The number of benzene rings is 1. The summed E-state index contributed by atoms with van der Waals surface area (Å²) in [6, 6.07) is 2.50. The largest absolute Gasteiger partial charge is 0.508 e. The van der Waals surface area contributed by atoms with Crippen molar-refractivity contribution >= 4 is 17.6 Å². The van der Waals surface area contributed by atoms with E-state index in [-0.39, 0.29) is 42.1 Å². The second-order valence-electron chi connectivity index (χ2n) is 9.75. The number of aromatic hydroxyl groups is 2. The van der Waals surface area contributed by atoms with Gasteiger partial charge in [0.25, 0.3) is 5.91 Å². The molecule has 0 aromatic heterocycles. The van der Waals surface area contributed by atoms with Gasteiger partial charge in [-0.05, 0) is 56.7 Å². The van der Waals surface area contributed by atoms with Gasteiger partial charge in [0.1, 0.15) is 23.2 Å². The van der Waals surface area contributed by atoms with Gasteiger partial charge in [-0.25, -0.2) is 4.79 Å². The van der Waals surface area contributed by atoms with Crippen molar-refractivity contribution in [3.63, 3.8) is 0 Å². The summed E-state index contributed by atoms with van der Waals surface area (Å²) in [6.45, 7) is 5.77. The van der Waals surface area contributed by atoms with E-state index in [2.05, 4.69) is 12.1 Å². The van der Waals surface area contributed by atoms with Crippen LogP contribution in [0.1, 0.15) is 74.7 Å². The SMILES string of the molecule is CCCCO[C@@H]1/C=C/C[C@@H](C)OC(=O)c2c(O)cc(O)cc2CC(=N\OCC(=O)N2CCCCC2)/C=C/C1. The molecule has 2 aliphatic heterocycles. The minimum absolute atomic E-state index is 0.0399. The van der Waals surface area contributed by atoms with Crippen molar-refractivity contribution in [2.24, 2.45) is 5.16 Å². The smallest absolute Gasteiger partial charge is 0.342 e. The Morgan fingerprint density at radius 1 is 1.16 bits per heavy atom. The average Bonchev–Trinajstić information content (AvgIpc) is 2.88. The standard InChI is InChI=1S/C29H40N2O7/c1-3-4-16-36-25-12-8-10-21(2)38-29(35)28-22(18-24(32)19-26(28)33)17-23(11-9-13-25)30-37-20-27(34)31-14-6-5-7-15-31/h8-9,11-12,18-19,21,25,32-33H,3-7,10,13-17,20H2,1-2H3/b11-9+,12-8+,30-23-/t21-,25-/m1/s1. The number of carbonyl (C=O) groups is 2. The number of allylic oxidation sites excluding steroid dienone is 1. The number of phenols is 2. The molecule has 2 N–H and O–H groups in total. The zero-order valence-electron chi connectivity index (χ0n) is 22.4. The maximum absolute atomic E-state index is 13.0. The topological polar surface area (TPSA) is 118 Å². The van der Waals surface area contributed by atoms with Gasteiger partial charge < -0.3 is 29.4 Å². The average molecular weight is 529 g/mol. The number of phenolic OH excluding ortho intramolecular Hbond substituents is 2. The minimum atomic E-state index is -0.698. The Bertz CT molecular complexity index is 1030. The monoisotopic (exact) mass is 528 g/mol. The number of hydrogen-bond donors (Lipinski definition) is 2. The van der Waals surface area contributed by atoms with Crippen molar-refractivity contribution in [3.8, 4) is 11.5 Å². The molecule has 0 bridgehead atoms. The summed E-state index contributed by atoms with van der Waals surface area (Å²) < 4.78 is 11.6. The molecule has 208 valence electrons. The van der Waals surface area contributed by atoms with Gasteiger partial charge in [0.15, 0.2) is 6.61 Å². The highest BCUT2D eigenvalue weighted by Crippen LogP contribution is 2.29. The minimum Gasteiger partial charge on any atom is -0.508 e. The summed E-state index contributed by atoms with van der Waals surface area (Å²) in [4.78, 5) is 32.7. The molecule has 2 aliphatic rings. The summed E-state index contributed by atoms with van der Waals surface area (Å²) in [5.41, 5.74) is 0.705. The number of fused-ring (bicyclic) bond motifs is 1. The summed E-state index contributed by atoms with van der Waals surface area (Å²) in [6.07, 6.45) is 13.2. The van der Waals surface area contributed by atoms with Crippen molar-refractivity contribution in [3.05, 3.63) is 47.6 Å². The van der Waals surface area contributed by atoms with Crippen LogP contribution in [0.15, 0.2) is 41.6 Å². The quantitative estimate of drug-likeness (QED) is 0.229. The van der Waals surface area contributed by atoms with E-state index in [1.807, 2.05) is 18.2 Å². The number of esters is 1. The van der Waals surface area contributed by atoms with E-state index in [4.69, 9.17) is 14.3 Å². The van der Waals surface area contributed by atoms with Crippen LogP contribution in [0.4, 0.5) is 0 Å². The highest BCUT2D eigenvalue weighted by molar-refractivity contribution is 6.00. The molecule has 1 aromatic rings. The van der Waals surface area contributed by atoms with E-state index in [1.165, 1.54) is 6.07 Å². The molecule has 0 unspecified atom stereocenters. The molecule has 1 amide bonds. The molecule has 3 rings (SSSR count). The number of likely N-dealkylation sites (tertiary alicyclic amines) is 1. The molecule has 1 aromatic carbocycles. The number of piperidine rings is 1. The number of nitrogens with zero attached hydrogens (tertiary/aromatic N) is 2. The molecule has 1 fully saturated rings. The molecule has 9 heteroatoms. The lowest BCUT2D eigenvalue weighted by atomic mass is 9.99. The first kappa shape index (κ1) is 29.2. The van der Waals surface area contributed by atoms with Crippen molar-refractivity contribution in [2.75, 3.05) is 26.3 Å². The summed E-state index contributed by atoms with van der Waals surface area (Å²) in [5.74, 6) is -1.40. The molecule has 0 aliphatic carbocycles. The van der Waals surface area contributed by atoms with Gasteiger partial charge in [0, 0.05) is 38.6 Å². The van der Waals surface area contributed by atoms with Crippen molar-refractivity contribution in [2.45, 2.75) is 77.4 Å². The first-order valence-corrected chi connectivity index (χ1v) is 13.5. The fourth-order valence-corrected chi connectivity index (χ4v) is 4.40. The summed E-state index contributed by atoms with van der Waals surface area (Å²) >= 11 is 0. The van der Waals surface area contributed by atoms with Crippen LogP contribution in [0.2, 0.25) is 0 Å².